The highest BCUT2D eigenvalue weighted by Crippen LogP contribution is 2.15. The molecule has 1 heterocycles. The van der Waals surface area contributed by atoms with Gasteiger partial charge in [0.2, 0.25) is 5.91 Å². The molecule has 0 spiro atoms. The van der Waals surface area contributed by atoms with E-state index in [1.807, 2.05) is 13.0 Å². The number of amides is 1. The summed E-state index contributed by atoms with van der Waals surface area (Å²) in [7, 11) is 0. The normalized spacial score (nSPS) is 25.5. The van der Waals surface area contributed by atoms with Crippen molar-refractivity contribution in [3.63, 3.8) is 0 Å². The quantitative estimate of drug-likeness (QED) is 0.598. The fourth-order valence-corrected chi connectivity index (χ4v) is 1.36. The van der Waals surface area contributed by atoms with Crippen LogP contribution < -0.4 is 5.32 Å². The van der Waals surface area contributed by atoms with Gasteiger partial charge in [0, 0.05) is 12.5 Å². The molecular formula is C9H15NO. The van der Waals surface area contributed by atoms with Crippen molar-refractivity contribution in [2.24, 2.45) is 5.92 Å². The Labute approximate surface area is 67.7 Å². The first kappa shape index (κ1) is 8.31. The van der Waals surface area contributed by atoms with Crippen LogP contribution in [0.4, 0.5) is 0 Å². The zero-order valence-corrected chi connectivity index (χ0v) is 6.97. The Morgan fingerprint density at radius 2 is 2.55 bits per heavy atom. The third-order valence-corrected chi connectivity index (χ3v) is 2.06. The Kier molecular flexibility index (Phi) is 3.14. The van der Waals surface area contributed by atoms with Gasteiger partial charge in [-0.15, -0.1) is 0 Å². The number of allylic oxidation sites excluding steroid dienone is 2. The van der Waals surface area contributed by atoms with E-state index in [4.69, 9.17) is 0 Å². The predicted octanol–water partition coefficient (Wildman–Crippen LogP) is 1.48. The van der Waals surface area contributed by atoms with Crippen molar-refractivity contribution in [3.05, 3.63) is 12.2 Å². The Bertz CT molecular complexity index is 163. The number of carbonyl (C=O) groups is 1. The summed E-state index contributed by atoms with van der Waals surface area (Å²) < 4.78 is 0. The summed E-state index contributed by atoms with van der Waals surface area (Å²) >= 11 is 0. The molecule has 0 aromatic rings. The molecule has 1 N–H and O–H groups in total. The van der Waals surface area contributed by atoms with Crippen molar-refractivity contribution in [1.29, 1.82) is 0 Å². The van der Waals surface area contributed by atoms with Crippen LogP contribution in [0.3, 0.4) is 0 Å². The van der Waals surface area contributed by atoms with Gasteiger partial charge in [-0.25, -0.2) is 0 Å². The second-order valence-electron chi connectivity index (χ2n) is 2.93. The molecule has 1 fully saturated rings. The summed E-state index contributed by atoms with van der Waals surface area (Å²) in [6, 6.07) is 0. The second-order valence-corrected chi connectivity index (χ2v) is 2.93. The molecule has 2 heteroatoms. The number of hydrogen-bond acceptors (Lipinski definition) is 1. The SMILES string of the molecule is C/C=C/C[C@H]1CCCNC1=O. The van der Waals surface area contributed by atoms with Crippen LogP contribution in [0, 0.1) is 5.92 Å². The average Bonchev–Trinajstić information content (AvgIpc) is 2.03. The molecule has 0 aromatic heterocycles. The molecule has 11 heavy (non-hydrogen) atoms. The van der Waals surface area contributed by atoms with E-state index in [1.165, 1.54) is 0 Å². The molecule has 1 aliphatic heterocycles. The molecule has 0 aliphatic carbocycles. The number of piperidine rings is 1. The maximum absolute atomic E-state index is 11.2. The van der Waals surface area contributed by atoms with Gasteiger partial charge < -0.3 is 5.32 Å². The van der Waals surface area contributed by atoms with E-state index < -0.39 is 0 Å². The summed E-state index contributed by atoms with van der Waals surface area (Å²) in [5.41, 5.74) is 0. The van der Waals surface area contributed by atoms with Crippen LogP contribution in [-0.4, -0.2) is 12.5 Å². The lowest BCUT2D eigenvalue weighted by Crippen LogP contribution is -2.36. The van der Waals surface area contributed by atoms with Crippen molar-refractivity contribution in [3.8, 4) is 0 Å². The summed E-state index contributed by atoms with van der Waals surface area (Å²) in [5, 5.41) is 2.87. The number of rotatable bonds is 2. The molecule has 0 bridgehead atoms. The minimum absolute atomic E-state index is 0.231. The van der Waals surface area contributed by atoms with Crippen LogP contribution in [0.1, 0.15) is 26.2 Å². The predicted molar refractivity (Wildman–Crippen MR) is 45.2 cm³/mol. The molecule has 0 aromatic carbocycles. The van der Waals surface area contributed by atoms with E-state index in [1.54, 1.807) is 0 Å². The Morgan fingerprint density at radius 1 is 1.73 bits per heavy atom. The fourth-order valence-electron chi connectivity index (χ4n) is 1.36. The third kappa shape index (κ3) is 2.37. The van der Waals surface area contributed by atoms with Crippen LogP contribution in [0.5, 0.6) is 0 Å². The molecule has 1 saturated heterocycles. The van der Waals surface area contributed by atoms with Crippen molar-refractivity contribution in [1.82, 2.24) is 5.32 Å². The van der Waals surface area contributed by atoms with Gasteiger partial charge >= 0.3 is 0 Å². The highest BCUT2D eigenvalue weighted by molar-refractivity contribution is 5.79. The summed E-state index contributed by atoms with van der Waals surface area (Å²) in [5.74, 6) is 0.467. The number of nitrogens with one attached hydrogen (secondary N) is 1. The first-order valence-electron chi connectivity index (χ1n) is 4.23. The summed E-state index contributed by atoms with van der Waals surface area (Å²) in [6.45, 7) is 2.85. The molecule has 0 unspecified atom stereocenters. The van der Waals surface area contributed by atoms with Crippen LogP contribution in [0.15, 0.2) is 12.2 Å². The number of hydrogen-bond donors (Lipinski definition) is 1. The molecular weight excluding hydrogens is 138 g/mol. The molecule has 2 nitrogen and oxygen atoms in total. The van der Waals surface area contributed by atoms with E-state index in [2.05, 4.69) is 11.4 Å². The zero-order chi connectivity index (χ0) is 8.10. The van der Waals surface area contributed by atoms with E-state index in [0.717, 1.165) is 25.8 Å². The van der Waals surface area contributed by atoms with Gasteiger partial charge in [0.15, 0.2) is 0 Å². The van der Waals surface area contributed by atoms with Crippen LogP contribution in [0.25, 0.3) is 0 Å². The monoisotopic (exact) mass is 153 g/mol. The Morgan fingerprint density at radius 3 is 3.18 bits per heavy atom. The summed E-state index contributed by atoms with van der Waals surface area (Å²) in [4.78, 5) is 11.2. The van der Waals surface area contributed by atoms with E-state index >= 15 is 0 Å². The van der Waals surface area contributed by atoms with Gasteiger partial charge in [0.05, 0.1) is 0 Å². The van der Waals surface area contributed by atoms with Crippen molar-refractivity contribution in [2.45, 2.75) is 26.2 Å². The van der Waals surface area contributed by atoms with E-state index in [9.17, 15) is 4.79 Å². The van der Waals surface area contributed by atoms with Gasteiger partial charge in [-0.05, 0) is 26.2 Å². The molecule has 1 rings (SSSR count). The first-order valence-corrected chi connectivity index (χ1v) is 4.23. The average molecular weight is 153 g/mol. The van der Waals surface area contributed by atoms with E-state index in [-0.39, 0.29) is 11.8 Å². The standard InChI is InChI=1S/C9H15NO/c1-2-3-5-8-6-4-7-10-9(8)11/h2-3,8H,4-7H2,1H3,(H,10,11)/b3-2+/t8-/m0/s1. The van der Waals surface area contributed by atoms with Gasteiger partial charge in [-0.2, -0.15) is 0 Å². The van der Waals surface area contributed by atoms with Gasteiger partial charge in [0.1, 0.15) is 0 Å². The van der Waals surface area contributed by atoms with Crippen LogP contribution >= 0.6 is 0 Å². The van der Waals surface area contributed by atoms with Gasteiger partial charge in [-0.3, -0.25) is 4.79 Å². The lowest BCUT2D eigenvalue weighted by Gasteiger charge is -2.20. The smallest absolute Gasteiger partial charge is 0.223 e. The highest BCUT2D eigenvalue weighted by atomic mass is 16.1. The summed E-state index contributed by atoms with van der Waals surface area (Å²) in [6.07, 6.45) is 7.16. The Balaban J connectivity index is 2.35. The molecule has 0 radical (unpaired) electrons. The third-order valence-electron chi connectivity index (χ3n) is 2.06. The van der Waals surface area contributed by atoms with Crippen molar-refractivity contribution >= 4 is 5.91 Å². The molecule has 1 atom stereocenters. The minimum atomic E-state index is 0.231. The van der Waals surface area contributed by atoms with Crippen molar-refractivity contribution in [2.75, 3.05) is 6.54 Å². The van der Waals surface area contributed by atoms with Crippen molar-refractivity contribution < 1.29 is 4.79 Å². The van der Waals surface area contributed by atoms with Gasteiger partial charge in [0.25, 0.3) is 0 Å². The zero-order valence-electron chi connectivity index (χ0n) is 6.97. The fraction of sp³-hybridized carbons (Fsp3) is 0.667. The largest absolute Gasteiger partial charge is 0.356 e. The van der Waals surface area contributed by atoms with Crippen LogP contribution in [-0.2, 0) is 4.79 Å². The number of carbonyl (C=O) groups excluding carboxylic acids is 1. The maximum atomic E-state index is 11.2. The minimum Gasteiger partial charge on any atom is -0.356 e. The van der Waals surface area contributed by atoms with Crippen LogP contribution in [0.2, 0.25) is 0 Å². The molecule has 1 amide bonds. The van der Waals surface area contributed by atoms with Gasteiger partial charge in [-0.1, -0.05) is 12.2 Å². The lowest BCUT2D eigenvalue weighted by atomic mass is 9.95. The van der Waals surface area contributed by atoms with E-state index in [0.29, 0.717) is 0 Å². The molecule has 62 valence electrons. The highest BCUT2D eigenvalue weighted by Gasteiger charge is 2.19. The molecule has 0 saturated carbocycles. The maximum Gasteiger partial charge on any atom is 0.223 e. The second kappa shape index (κ2) is 4.16. The molecule has 1 aliphatic rings. The Hall–Kier alpha value is -0.790. The topological polar surface area (TPSA) is 29.1 Å². The lowest BCUT2D eigenvalue weighted by molar-refractivity contribution is -0.126. The first-order chi connectivity index (χ1) is 5.34.